The molecule has 0 aliphatic rings. The minimum atomic E-state index is -1.10. The average molecular weight is 347 g/mol. The molecule has 3 N–H and O–H groups in total. The number of hydrogen-bond acceptors (Lipinski definition) is 4. The van der Waals surface area contributed by atoms with Crippen LogP contribution in [0.15, 0.2) is 65.9 Å². The number of nitrogens with zero attached hydrogens (tertiary/aromatic N) is 3. The Bertz CT molecular complexity index is 977. The quantitative estimate of drug-likeness (QED) is 0.427. The molecule has 0 aliphatic heterocycles. The number of rotatable bonds is 4. The van der Waals surface area contributed by atoms with Crippen molar-refractivity contribution in [2.24, 2.45) is 10.8 Å². The van der Waals surface area contributed by atoms with Crippen molar-refractivity contribution in [3.63, 3.8) is 0 Å². The molecule has 0 bridgehead atoms. The van der Waals surface area contributed by atoms with Crippen LogP contribution in [0.1, 0.15) is 11.1 Å². The van der Waals surface area contributed by atoms with Crippen molar-refractivity contribution in [3.05, 3.63) is 71.9 Å². The van der Waals surface area contributed by atoms with Gasteiger partial charge in [-0.05, 0) is 25.1 Å². The Hall–Kier alpha value is -3.74. The molecular formula is C19H17N5O2. The largest absolute Gasteiger partial charge is 0.361 e. The van der Waals surface area contributed by atoms with E-state index < -0.39 is 11.8 Å². The predicted molar refractivity (Wildman–Crippen MR) is 98.7 cm³/mol. The van der Waals surface area contributed by atoms with Crippen LogP contribution >= 0.6 is 0 Å². The van der Waals surface area contributed by atoms with Gasteiger partial charge in [0.15, 0.2) is 0 Å². The van der Waals surface area contributed by atoms with Crippen molar-refractivity contribution < 1.29 is 9.59 Å². The third-order valence-electron chi connectivity index (χ3n) is 3.65. The van der Waals surface area contributed by atoms with Gasteiger partial charge < -0.3 is 5.73 Å². The molecule has 7 heteroatoms. The molecule has 2 aromatic carbocycles. The zero-order chi connectivity index (χ0) is 18.5. The minimum absolute atomic E-state index is 0.684. The van der Waals surface area contributed by atoms with Crippen LogP contribution in [0.2, 0.25) is 0 Å². The first kappa shape index (κ1) is 17.1. The highest BCUT2D eigenvalue weighted by molar-refractivity contribution is 6.34. The maximum Gasteiger partial charge on any atom is 0.329 e. The normalized spacial score (nSPS) is 10.8. The summed E-state index contributed by atoms with van der Waals surface area (Å²) in [6.45, 7) is 2.00. The lowest BCUT2D eigenvalue weighted by atomic mass is 10.1. The van der Waals surface area contributed by atoms with Crippen molar-refractivity contribution in [1.82, 2.24) is 15.2 Å². The zero-order valence-corrected chi connectivity index (χ0v) is 14.1. The van der Waals surface area contributed by atoms with Gasteiger partial charge in [0, 0.05) is 17.3 Å². The van der Waals surface area contributed by atoms with Gasteiger partial charge in [-0.25, -0.2) is 10.1 Å². The molecule has 2 amide bonds. The number of nitrogens with two attached hydrogens (primary N) is 1. The summed E-state index contributed by atoms with van der Waals surface area (Å²) in [5, 5.41) is 8.45. The summed E-state index contributed by atoms with van der Waals surface area (Å²) in [6.07, 6.45) is 3.23. The molecule has 7 nitrogen and oxygen atoms in total. The number of benzene rings is 2. The van der Waals surface area contributed by atoms with Gasteiger partial charge in [0.25, 0.3) is 0 Å². The summed E-state index contributed by atoms with van der Waals surface area (Å²) in [4.78, 5) is 22.0. The summed E-state index contributed by atoms with van der Waals surface area (Å²) in [5.74, 6) is -2.07. The third kappa shape index (κ3) is 3.84. The molecule has 0 fully saturated rings. The van der Waals surface area contributed by atoms with E-state index in [0.29, 0.717) is 11.3 Å². The molecule has 0 unspecified atom stereocenters. The number of para-hydroxylation sites is 1. The molecule has 26 heavy (non-hydrogen) atoms. The number of amides is 2. The Balaban J connectivity index is 2.00. The van der Waals surface area contributed by atoms with Crippen LogP contribution in [0, 0.1) is 6.92 Å². The molecule has 1 heterocycles. The van der Waals surface area contributed by atoms with Crippen LogP contribution in [0.4, 0.5) is 0 Å². The Labute approximate surface area is 150 Å². The van der Waals surface area contributed by atoms with Gasteiger partial charge in [0.05, 0.1) is 11.9 Å². The standard InChI is InChI=1S/C19H17N5O2/c1-13-6-5-7-14(10-13)17-15(11-21-22-19(26)18(20)25)12-24(23-17)16-8-3-2-4-9-16/h2-12H,1H3,(H2,20,25)(H,22,26)/b21-11-. The maximum atomic E-state index is 11.2. The average Bonchev–Trinajstić information content (AvgIpc) is 3.06. The van der Waals surface area contributed by atoms with E-state index in [1.165, 1.54) is 6.21 Å². The number of carbonyl (C=O) groups is 2. The van der Waals surface area contributed by atoms with Crippen molar-refractivity contribution in [2.45, 2.75) is 6.92 Å². The SMILES string of the molecule is Cc1cccc(-c2nn(-c3ccccc3)cc2/C=N\NC(=O)C(N)=O)c1. The molecule has 0 spiro atoms. The number of aromatic nitrogens is 2. The Morgan fingerprint density at radius 2 is 1.92 bits per heavy atom. The van der Waals surface area contributed by atoms with Crippen molar-refractivity contribution in [1.29, 1.82) is 0 Å². The lowest BCUT2D eigenvalue weighted by molar-refractivity contribution is -0.137. The van der Waals surface area contributed by atoms with E-state index in [4.69, 9.17) is 5.73 Å². The molecule has 1 aromatic heterocycles. The molecule has 0 radical (unpaired) electrons. The van der Waals surface area contributed by atoms with Gasteiger partial charge >= 0.3 is 11.8 Å². The van der Waals surface area contributed by atoms with E-state index >= 15 is 0 Å². The minimum Gasteiger partial charge on any atom is -0.361 e. The number of hydrogen-bond donors (Lipinski definition) is 2. The third-order valence-corrected chi connectivity index (χ3v) is 3.65. The molecular weight excluding hydrogens is 330 g/mol. The monoisotopic (exact) mass is 347 g/mol. The van der Waals surface area contributed by atoms with Crippen LogP contribution in [0.3, 0.4) is 0 Å². The van der Waals surface area contributed by atoms with E-state index in [9.17, 15) is 9.59 Å². The van der Waals surface area contributed by atoms with Crippen LogP contribution in [-0.4, -0.2) is 27.8 Å². The van der Waals surface area contributed by atoms with E-state index in [1.807, 2.05) is 61.5 Å². The van der Waals surface area contributed by atoms with E-state index in [2.05, 4.69) is 15.6 Å². The van der Waals surface area contributed by atoms with Gasteiger partial charge in [-0.15, -0.1) is 0 Å². The Morgan fingerprint density at radius 3 is 2.62 bits per heavy atom. The first-order valence-corrected chi connectivity index (χ1v) is 7.89. The molecule has 3 rings (SSSR count). The van der Waals surface area contributed by atoms with Crippen LogP contribution in [0.5, 0.6) is 0 Å². The van der Waals surface area contributed by atoms with Crippen LogP contribution in [-0.2, 0) is 9.59 Å². The number of primary amides is 1. The van der Waals surface area contributed by atoms with Gasteiger partial charge in [-0.1, -0.05) is 42.0 Å². The molecule has 0 aliphatic carbocycles. The highest BCUT2D eigenvalue weighted by Crippen LogP contribution is 2.23. The lowest BCUT2D eigenvalue weighted by Gasteiger charge is -2.01. The number of nitrogens with one attached hydrogen (secondary N) is 1. The van der Waals surface area contributed by atoms with E-state index in [1.54, 1.807) is 10.9 Å². The van der Waals surface area contributed by atoms with Gasteiger partial charge in [0.2, 0.25) is 0 Å². The highest BCUT2D eigenvalue weighted by atomic mass is 16.2. The van der Waals surface area contributed by atoms with E-state index in [0.717, 1.165) is 16.8 Å². The fourth-order valence-corrected chi connectivity index (χ4v) is 2.43. The van der Waals surface area contributed by atoms with Gasteiger partial charge in [0.1, 0.15) is 5.69 Å². The Morgan fingerprint density at radius 1 is 1.15 bits per heavy atom. The number of hydrazone groups is 1. The first-order valence-electron chi connectivity index (χ1n) is 7.89. The van der Waals surface area contributed by atoms with Gasteiger partial charge in [-0.3, -0.25) is 9.59 Å². The molecule has 0 saturated carbocycles. The zero-order valence-electron chi connectivity index (χ0n) is 14.1. The number of carbonyl (C=O) groups excluding carboxylic acids is 2. The summed E-state index contributed by atoms with van der Waals surface area (Å²) in [5.41, 5.74) is 11.3. The lowest BCUT2D eigenvalue weighted by Crippen LogP contribution is -2.32. The fourth-order valence-electron chi connectivity index (χ4n) is 2.43. The molecule has 0 saturated heterocycles. The predicted octanol–water partition coefficient (Wildman–Crippen LogP) is 1.78. The second-order valence-electron chi connectivity index (χ2n) is 5.65. The van der Waals surface area contributed by atoms with E-state index in [-0.39, 0.29) is 0 Å². The Kier molecular flexibility index (Phi) is 4.89. The van der Waals surface area contributed by atoms with Crippen LogP contribution < -0.4 is 11.2 Å². The molecule has 0 atom stereocenters. The maximum absolute atomic E-state index is 11.2. The summed E-state index contributed by atoms with van der Waals surface area (Å²) >= 11 is 0. The topological polar surface area (TPSA) is 102 Å². The van der Waals surface area contributed by atoms with Crippen molar-refractivity contribution >= 4 is 18.0 Å². The van der Waals surface area contributed by atoms with Gasteiger partial charge in [-0.2, -0.15) is 10.2 Å². The second-order valence-corrected chi connectivity index (χ2v) is 5.65. The molecule has 3 aromatic rings. The van der Waals surface area contributed by atoms with Crippen LogP contribution in [0.25, 0.3) is 16.9 Å². The molecule has 130 valence electrons. The summed E-state index contributed by atoms with van der Waals surface area (Å²) < 4.78 is 1.73. The van der Waals surface area contributed by atoms with Crippen molar-refractivity contribution in [3.8, 4) is 16.9 Å². The fraction of sp³-hybridized carbons (Fsp3) is 0.0526. The first-order chi connectivity index (χ1) is 12.5. The summed E-state index contributed by atoms with van der Waals surface area (Å²) in [7, 11) is 0. The number of aryl methyl sites for hydroxylation is 1. The van der Waals surface area contributed by atoms with Crippen molar-refractivity contribution in [2.75, 3.05) is 0 Å². The summed E-state index contributed by atoms with van der Waals surface area (Å²) in [6, 6.07) is 17.5. The second kappa shape index (κ2) is 7.43. The smallest absolute Gasteiger partial charge is 0.329 e. The highest BCUT2D eigenvalue weighted by Gasteiger charge is 2.12.